The predicted octanol–water partition coefficient (Wildman–Crippen LogP) is 2.69. The smallest absolute Gasteiger partial charge is 0.407 e. The number of amides is 1. The van der Waals surface area contributed by atoms with Crippen molar-refractivity contribution >= 4 is 32.9 Å². The molecule has 1 aromatic heterocycles. The number of benzene rings is 1. The van der Waals surface area contributed by atoms with Crippen LogP contribution in [0.4, 0.5) is 4.79 Å². The maximum Gasteiger partial charge on any atom is 0.407 e. The third kappa shape index (κ3) is 7.73. The Bertz CT molecular complexity index is 1470. The maximum absolute atomic E-state index is 13.7. The van der Waals surface area contributed by atoms with Crippen LogP contribution in [-0.4, -0.2) is 72.9 Å². The van der Waals surface area contributed by atoms with E-state index in [-0.39, 0.29) is 48.2 Å². The Hall–Kier alpha value is -3.72. The third-order valence-electron chi connectivity index (χ3n) is 6.59. The Morgan fingerprint density at radius 2 is 1.95 bits per heavy atom. The molecule has 2 heterocycles. The van der Waals surface area contributed by atoms with Gasteiger partial charge in [0.25, 0.3) is 10.6 Å². The first kappa shape index (κ1) is 31.8. The lowest BCUT2D eigenvalue weighted by Crippen LogP contribution is -2.41. The highest BCUT2D eigenvalue weighted by molar-refractivity contribution is 7.89. The number of unbranched alkanes of at least 4 members (excludes halogenated alkanes) is 1. The van der Waals surface area contributed by atoms with Gasteiger partial charge in [-0.05, 0) is 71.1 Å². The van der Waals surface area contributed by atoms with Gasteiger partial charge in [0.05, 0.1) is 18.6 Å². The topological polar surface area (TPSA) is 176 Å². The molecule has 0 saturated carbocycles. The highest BCUT2D eigenvalue weighted by atomic mass is 32.2. The number of aromatic nitrogens is 1. The molecule has 14 nitrogen and oxygen atoms in total. The van der Waals surface area contributed by atoms with E-state index in [9.17, 15) is 32.9 Å². The number of carbonyl (C=O) groups is 2. The fraction of sp³-hybridized carbons (Fsp3) is 0.577. The second-order valence-corrected chi connectivity index (χ2v) is 12.7. The number of nitrogens with one attached hydrogen (secondary N) is 1. The van der Waals surface area contributed by atoms with Gasteiger partial charge < -0.3 is 24.2 Å². The summed E-state index contributed by atoms with van der Waals surface area (Å²) in [6, 6.07) is 2.93. The van der Waals surface area contributed by atoms with Crippen LogP contribution < -0.4 is 10.9 Å². The minimum atomic E-state index is -4.06. The van der Waals surface area contributed by atoms with E-state index in [0.717, 1.165) is 0 Å². The fourth-order valence-electron chi connectivity index (χ4n) is 4.80. The first-order valence-electron chi connectivity index (χ1n) is 13.1. The average Bonchev–Trinajstić information content (AvgIpc) is 3.35. The van der Waals surface area contributed by atoms with Crippen LogP contribution in [0.3, 0.4) is 0 Å². The minimum Gasteiger partial charge on any atom is -0.467 e. The molecule has 0 aliphatic carbocycles. The SMILES string of the molecule is COC(=O)[C@H](CCCCO[N+](=O)[O-])n1cc(C)c2c(S(=O)(=O)N3CCC(NC(=O)OC(C)(C)C)C3)cccc2c1=O. The summed E-state index contributed by atoms with van der Waals surface area (Å²) >= 11 is 0. The monoisotopic (exact) mass is 596 g/mol. The number of methoxy groups -OCH3 is 1. The molecular weight excluding hydrogens is 560 g/mol. The van der Waals surface area contributed by atoms with E-state index in [0.29, 0.717) is 18.4 Å². The summed E-state index contributed by atoms with van der Waals surface area (Å²) in [4.78, 5) is 53.0. The van der Waals surface area contributed by atoms with Gasteiger partial charge in [0.2, 0.25) is 10.0 Å². The molecule has 1 unspecified atom stereocenters. The molecule has 1 aromatic carbocycles. The van der Waals surface area contributed by atoms with Gasteiger partial charge in [0.15, 0.2) is 0 Å². The van der Waals surface area contributed by atoms with Crippen molar-refractivity contribution in [3.05, 3.63) is 50.4 Å². The summed E-state index contributed by atoms with van der Waals surface area (Å²) in [6.45, 7) is 6.90. The van der Waals surface area contributed by atoms with E-state index in [1.165, 1.54) is 40.4 Å². The first-order valence-corrected chi connectivity index (χ1v) is 14.6. The number of sulfonamides is 1. The van der Waals surface area contributed by atoms with Crippen molar-refractivity contribution < 1.29 is 37.4 Å². The lowest BCUT2D eigenvalue weighted by Gasteiger charge is -2.23. The number of esters is 1. The van der Waals surface area contributed by atoms with Gasteiger partial charge in [-0.3, -0.25) is 4.79 Å². The Kier molecular flexibility index (Phi) is 9.97. The van der Waals surface area contributed by atoms with Crippen molar-refractivity contribution in [2.45, 2.75) is 76.0 Å². The van der Waals surface area contributed by atoms with E-state index >= 15 is 0 Å². The molecule has 15 heteroatoms. The van der Waals surface area contributed by atoms with Gasteiger partial charge in [-0.2, -0.15) is 4.31 Å². The number of ether oxygens (including phenoxy) is 2. The Balaban J connectivity index is 1.90. The molecular formula is C26H36N4O10S. The molecule has 1 aliphatic heterocycles. The van der Waals surface area contributed by atoms with Gasteiger partial charge in [-0.15, -0.1) is 10.1 Å². The number of rotatable bonds is 11. The van der Waals surface area contributed by atoms with Crippen molar-refractivity contribution in [2.24, 2.45) is 0 Å². The minimum absolute atomic E-state index is 0.0403. The molecule has 1 fully saturated rings. The molecule has 1 N–H and O–H groups in total. The second-order valence-electron chi connectivity index (χ2n) is 10.8. The summed E-state index contributed by atoms with van der Waals surface area (Å²) in [6.07, 6.45) is 1.94. The Morgan fingerprint density at radius 3 is 2.59 bits per heavy atom. The van der Waals surface area contributed by atoms with Crippen molar-refractivity contribution in [1.82, 2.24) is 14.2 Å². The fourth-order valence-corrected chi connectivity index (χ4v) is 6.58. The lowest BCUT2D eigenvalue weighted by molar-refractivity contribution is -0.757. The molecule has 0 radical (unpaired) electrons. The highest BCUT2D eigenvalue weighted by Gasteiger charge is 2.35. The molecule has 2 aromatic rings. The number of alkyl carbamates (subject to hydrolysis) is 1. The average molecular weight is 597 g/mol. The van der Waals surface area contributed by atoms with Crippen LogP contribution in [0.25, 0.3) is 10.8 Å². The summed E-state index contributed by atoms with van der Waals surface area (Å²) in [5.41, 5.74) is -0.821. The van der Waals surface area contributed by atoms with Crippen LogP contribution in [0.15, 0.2) is 34.1 Å². The van der Waals surface area contributed by atoms with Crippen LogP contribution in [0.5, 0.6) is 0 Å². The standard InChI is InChI=1S/C26H36N4O10S/c1-17-15-29(20(24(32)38-5)10-6-7-14-39-30(34)35)23(31)19-9-8-11-21(22(17)19)41(36,37)28-13-12-18(16-28)27-25(33)40-26(2,3)4/h8-9,11,15,18,20H,6-7,10,12-14,16H2,1-5H3,(H,27,33)/t18?,20-/m0/s1. The van der Waals surface area contributed by atoms with Crippen molar-refractivity contribution in [1.29, 1.82) is 0 Å². The van der Waals surface area contributed by atoms with Gasteiger partial charge in [-0.1, -0.05) is 6.07 Å². The summed E-state index contributed by atoms with van der Waals surface area (Å²) in [7, 11) is -2.87. The molecule has 1 aliphatic rings. The largest absolute Gasteiger partial charge is 0.467 e. The number of hydrogen-bond acceptors (Lipinski definition) is 10. The molecule has 3 rings (SSSR count). The molecule has 1 amide bonds. The van der Waals surface area contributed by atoms with Gasteiger partial charge >= 0.3 is 12.1 Å². The van der Waals surface area contributed by atoms with Gasteiger partial charge in [0, 0.05) is 36.1 Å². The van der Waals surface area contributed by atoms with Gasteiger partial charge in [0.1, 0.15) is 11.6 Å². The number of nitrogens with zero attached hydrogens (tertiary/aromatic N) is 3. The van der Waals surface area contributed by atoms with E-state index < -0.39 is 50.4 Å². The number of aryl methyl sites for hydroxylation is 1. The second kappa shape index (κ2) is 12.9. The number of hydrogen-bond donors (Lipinski definition) is 1. The number of fused-ring (bicyclic) bond motifs is 1. The van der Waals surface area contributed by atoms with E-state index in [1.54, 1.807) is 27.7 Å². The molecule has 41 heavy (non-hydrogen) atoms. The molecule has 0 spiro atoms. The van der Waals surface area contributed by atoms with Crippen LogP contribution in [0.1, 0.15) is 58.1 Å². The molecule has 1 saturated heterocycles. The van der Waals surface area contributed by atoms with Crippen LogP contribution in [0, 0.1) is 17.0 Å². The summed E-state index contributed by atoms with van der Waals surface area (Å²) in [5, 5.41) is 12.5. The van der Waals surface area contributed by atoms with Crippen LogP contribution >= 0.6 is 0 Å². The lowest BCUT2D eigenvalue weighted by atomic mass is 10.1. The van der Waals surface area contributed by atoms with E-state index in [2.05, 4.69) is 10.2 Å². The molecule has 226 valence electrons. The highest BCUT2D eigenvalue weighted by Crippen LogP contribution is 2.30. The van der Waals surface area contributed by atoms with Crippen molar-refractivity contribution in [3.8, 4) is 0 Å². The molecule has 0 bridgehead atoms. The first-order chi connectivity index (χ1) is 19.2. The summed E-state index contributed by atoms with van der Waals surface area (Å²) < 4.78 is 40.1. The van der Waals surface area contributed by atoms with Crippen molar-refractivity contribution in [3.63, 3.8) is 0 Å². The number of pyridine rings is 1. The number of carbonyl (C=O) groups excluding carboxylic acids is 2. The zero-order valence-corrected chi connectivity index (χ0v) is 24.6. The zero-order chi connectivity index (χ0) is 30.5. The normalized spacial score (nSPS) is 16.8. The van der Waals surface area contributed by atoms with Crippen LogP contribution in [0.2, 0.25) is 0 Å². The molecule has 2 atom stereocenters. The quantitative estimate of drug-likeness (QED) is 0.176. The third-order valence-corrected chi connectivity index (χ3v) is 8.49. The maximum atomic E-state index is 13.7. The van der Waals surface area contributed by atoms with Crippen molar-refractivity contribution in [2.75, 3.05) is 26.8 Å². The summed E-state index contributed by atoms with van der Waals surface area (Å²) in [5.74, 6) is -0.676. The van der Waals surface area contributed by atoms with E-state index in [4.69, 9.17) is 9.47 Å². The van der Waals surface area contributed by atoms with Gasteiger partial charge in [-0.25, -0.2) is 18.0 Å². The van der Waals surface area contributed by atoms with E-state index in [1.807, 2.05) is 0 Å². The predicted molar refractivity (Wildman–Crippen MR) is 147 cm³/mol. The van der Waals surface area contributed by atoms with Crippen LogP contribution in [-0.2, 0) is 29.1 Å². The Labute approximate surface area is 237 Å². The Morgan fingerprint density at radius 1 is 1.24 bits per heavy atom. The zero-order valence-electron chi connectivity index (χ0n) is 23.7.